The number of carbonyl (C=O) groups is 2. The molecule has 1 saturated carbocycles. The highest BCUT2D eigenvalue weighted by atomic mass is 32.2. The van der Waals surface area contributed by atoms with E-state index in [1.165, 1.54) is 17.8 Å². The Balaban J connectivity index is 1.86. The average molecular weight is 390 g/mol. The number of fused-ring (bicyclic) bond motifs is 2. The van der Waals surface area contributed by atoms with Crippen molar-refractivity contribution < 1.29 is 19.8 Å². The third kappa shape index (κ3) is 2.20. The van der Waals surface area contributed by atoms with E-state index in [1.807, 2.05) is 30.3 Å². The molecule has 0 amide bonds. The van der Waals surface area contributed by atoms with Gasteiger partial charge >= 0.3 is 0 Å². The minimum atomic E-state index is -1.04. The van der Waals surface area contributed by atoms with E-state index >= 15 is 0 Å². The molecule has 4 nitrogen and oxygen atoms in total. The summed E-state index contributed by atoms with van der Waals surface area (Å²) in [7, 11) is 0. The molecule has 0 bridgehead atoms. The number of Topliss-reactive ketones (excluding diaryl/α,β-unsaturated/α-hetero) is 2. The van der Waals surface area contributed by atoms with Crippen molar-refractivity contribution in [2.75, 3.05) is 0 Å². The van der Waals surface area contributed by atoms with E-state index in [1.54, 1.807) is 12.1 Å². The first-order valence-corrected chi connectivity index (χ1v) is 10.2. The van der Waals surface area contributed by atoms with E-state index in [9.17, 15) is 19.8 Å². The number of aromatic hydroxyl groups is 2. The van der Waals surface area contributed by atoms with Crippen LogP contribution >= 0.6 is 11.8 Å². The second kappa shape index (κ2) is 6.11. The average Bonchev–Trinajstić information content (AvgIpc) is 3.27. The number of hydrogen-bond acceptors (Lipinski definition) is 5. The van der Waals surface area contributed by atoms with E-state index in [4.69, 9.17) is 0 Å². The topological polar surface area (TPSA) is 74.6 Å². The van der Waals surface area contributed by atoms with Crippen molar-refractivity contribution in [2.24, 2.45) is 5.41 Å². The Kier molecular flexibility index (Phi) is 3.78. The summed E-state index contributed by atoms with van der Waals surface area (Å²) >= 11 is 1.39. The van der Waals surface area contributed by atoms with Crippen LogP contribution in [0.1, 0.15) is 46.4 Å². The van der Waals surface area contributed by atoms with Gasteiger partial charge in [0.25, 0.3) is 0 Å². The van der Waals surface area contributed by atoms with Crippen molar-refractivity contribution in [1.29, 1.82) is 0 Å². The number of rotatable bonds is 2. The number of phenolic OH excluding ortho intramolecular Hbond substituents is 2. The number of hydrogen-bond donors (Lipinski definition) is 2. The standard InChI is InChI=1S/C23H18O4S/c24-15-10-6-9-14-16(15)19(25)17-18(20(14)28-13-7-2-1-3-8-13)22(27)23(21(17)26)11-4-5-12-23/h1-3,6-10,24-25H,4-5,11-12H2. The van der Waals surface area contributed by atoms with Gasteiger partial charge in [0.2, 0.25) is 0 Å². The highest BCUT2D eigenvalue weighted by Crippen LogP contribution is 2.56. The van der Waals surface area contributed by atoms with Gasteiger partial charge < -0.3 is 10.2 Å². The second-order valence-corrected chi connectivity index (χ2v) is 8.57. The van der Waals surface area contributed by atoms with Gasteiger partial charge in [0.1, 0.15) is 11.5 Å². The molecular weight excluding hydrogens is 372 g/mol. The predicted octanol–water partition coefficient (Wildman–Crippen LogP) is 5.34. The van der Waals surface area contributed by atoms with Gasteiger partial charge in [0.05, 0.1) is 16.4 Å². The van der Waals surface area contributed by atoms with E-state index < -0.39 is 5.41 Å². The highest BCUT2D eigenvalue weighted by Gasteiger charge is 2.56. The minimum Gasteiger partial charge on any atom is -0.507 e. The molecule has 0 aliphatic heterocycles. The third-order valence-electron chi connectivity index (χ3n) is 5.98. The van der Waals surface area contributed by atoms with Crippen LogP contribution in [-0.2, 0) is 0 Å². The summed E-state index contributed by atoms with van der Waals surface area (Å²) in [6.45, 7) is 0. The van der Waals surface area contributed by atoms with Crippen LogP contribution in [0.2, 0.25) is 0 Å². The zero-order chi connectivity index (χ0) is 19.5. The molecular formula is C23H18O4S. The molecule has 1 spiro atoms. The van der Waals surface area contributed by atoms with Crippen molar-refractivity contribution in [1.82, 2.24) is 0 Å². The van der Waals surface area contributed by atoms with E-state index in [2.05, 4.69) is 0 Å². The summed E-state index contributed by atoms with van der Waals surface area (Å²) in [6, 6.07) is 14.6. The largest absolute Gasteiger partial charge is 0.507 e. The quantitative estimate of drug-likeness (QED) is 0.578. The Morgan fingerprint density at radius 1 is 0.821 bits per heavy atom. The van der Waals surface area contributed by atoms with Crippen molar-refractivity contribution >= 4 is 34.1 Å². The predicted molar refractivity (Wildman–Crippen MR) is 107 cm³/mol. The summed E-state index contributed by atoms with van der Waals surface area (Å²) in [6.07, 6.45) is 2.71. The molecule has 0 heterocycles. The molecule has 2 aliphatic carbocycles. The number of ketones is 2. The van der Waals surface area contributed by atoms with Gasteiger partial charge in [-0.15, -0.1) is 0 Å². The molecule has 2 aliphatic rings. The molecule has 3 aromatic carbocycles. The fourth-order valence-electron chi connectivity index (χ4n) is 4.63. The summed E-state index contributed by atoms with van der Waals surface area (Å²) in [4.78, 5) is 28.4. The van der Waals surface area contributed by atoms with E-state index in [0.717, 1.165) is 17.7 Å². The molecule has 28 heavy (non-hydrogen) atoms. The summed E-state index contributed by atoms with van der Waals surface area (Å²) in [5.74, 6) is -0.838. The third-order valence-corrected chi connectivity index (χ3v) is 7.12. The van der Waals surface area contributed by atoms with Crippen molar-refractivity contribution in [2.45, 2.75) is 35.5 Å². The van der Waals surface area contributed by atoms with Crippen LogP contribution in [0, 0.1) is 5.41 Å². The lowest BCUT2D eigenvalue weighted by Crippen LogP contribution is -2.29. The van der Waals surface area contributed by atoms with Crippen molar-refractivity contribution in [3.05, 3.63) is 59.7 Å². The first-order chi connectivity index (χ1) is 13.5. The normalized spacial score (nSPS) is 17.6. The van der Waals surface area contributed by atoms with Gasteiger partial charge in [-0.1, -0.05) is 54.9 Å². The Bertz CT molecular complexity index is 1140. The fraction of sp³-hybridized carbons (Fsp3) is 0.217. The monoisotopic (exact) mass is 390 g/mol. The molecule has 1 fully saturated rings. The van der Waals surface area contributed by atoms with Crippen LogP contribution in [0.15, 0.2) is 58.3 Å². The minimum absolute atomic E-state index is 0.0827. The maximum absolute atomic E-state index is 13.5. The van der Waals surface area contributed by atoms with Gasteiger partial charge in [0, 0.05) is 20.7 Å². The van der Waals surface area contributed by atoms with Gasteiger partial charge in [-0.25, -0.2) is 0 Å². The zero-order valence-corrected chi connectivity index (χ0v) is 15.9. The van der Waals surface area contributed by atoms with Crippen LogP contribution in [0.25, 0.3) is 10.8 Å². The zero-order valence-electron chi connectivity index (χ0n) is 15.1. The molecule has 5 rings (SSSR count). The maximum Gasteiger partial charge on any atom is 0.181 e. The lowest BCUT2D eigenvalue weighted by atomic mass is 9.81. The fourth-order valence-corrected chi connectivity index (χ4v) is 5.74. The van der Waals surface area contributed by atoms with Gasteiger partial charge in [-0.3, -0.25) is 9.59 Å². The maximum atomic E-state index is 13.5. The van der Waals surface area contributed by atoms with Crippen molar-refractivity contribution in [3.8, 4) is 11.5 Å². The van der Waals surface area contributed by atoms with Crippen LogP contribution < -0.4 is 0 Å². The number of benzene rings is 3. The molecule has 0 radical (unpaired) electrons. The highest BCUT2D eigenvalue weighted by molar-refractivity contribution is 7.99. The summed E-state index contributed by atoms with van der Waals surface area (Å²) in [5.41, 5.74) is -0.644. The summed E-state index contributed by atoms with van der Waals surface area (Å²) < 4.78 is 0. The molecule has 2 N–H and O–H groups in total. The Labute approximate surface area is 166 Å². The summed E-state index contributed by atoms with van der Waals surface area (Å²) in [5, 5.41) is 22.2. The molecule has 0 aromatic heterocycles. The van der Waals surface area contributed by atoms with Crippen LogP contribution in [0.5, 0.6) is 11.5 Å². The lowest BCUT2D eigenvalue weighted by molar-refractivity contribution is 0.0704. The van der Waals surface area contributed by atoms with Crippen LogP contribution in [0.4, 0.5) is 0 Å². The van der Waals surface area contributed by atoms with Gasteiger partial charge in [-0.2, -0.15) is 0 Å². The first kappa shape index (κ1) is 17.3. The molecule has 140 valence electrons. The molecule has 5 heteroatoms. The second-order valence-electron chi connectivity index (χ2n) is 7.49. The molecule has 0 saturated heterocycles. The van der Waals surface area contributed by atoms with Gasteiger partial charge in [0.15, 0.2) is 11.6 Å². The van der Waals surface area contributed by atoms with Gasteiger partial charge in [-0.05, 0) is 31.0 Å². The van der Waals surface area contributed by atoms with Crippen LogP contribution in [0.3, 0.4) is 0 Å². The Morgan fingerprint density at radius 2 is 1.50 bits per heavy atom. The molecule has 3 aromatic rings. The lowest BCUT2D eigenvalue weighted by Gasteiger charge is -2.18. The Hall–Kier alpha value is -2.79. The van der Waals surface area contributed by atoms with Crippen molar-refractivity contribution in [3.63, 3.8) is 0 Å². The smallest absolute Gasteiger partial charge is 0.181 e. The first-order valence-electron chi connectivity index (χ1n) is 9.38. The van der Waals surface area contributed by atoms with E-state index in [-0.39, 0.29) is 34.0 Å². The SMILES string of the molecule is O=C1c2c(c(O)c3c(O)cccc3c2Sc2ccccc2)C(=O)C12CCCC2. The molecule has 0 atom stereocenters. The number of carbonyl (C=O) groups excluding carboxylic acids is 2. The molecule has 0 unspecified atom stereocenters. The Morgan fingerprint density at radius 3 is 2.21 bits per heavy atom. The van der Waals surface area contributed by atoms with E-state index in [0.29, 0.717) is 28.7 Å². The number of phenols is 2. The van der Waals surface area contributed by atoms with Crippen LogP contribution in [-0.4, -0.2) is 21.8 Å².